The summed E-state index contributed by atoms with van der Waals surface area (Å²) in [5.74, 6) is 1.89. The first kappa shape index (κ1) is 18.4. The van der Waals surface area contributed by atoms with Crippen LogP contribution in [0.1, 0.15) is 56.1 Å². The molecule has 3 atom stereocenters. The molecule has 1 aromatic heterocycles. The van der Waals surface area contributed by atoms with Crippen LogP contribution in [0.3, 0.4) is 0 Å². The fourth-order valence-corrected chi connectivity index (χ4v) is 8.42. The number of fused-ring (bicyclic) bond motifs is 2. The maximum atomic E-state index is 5.15. The average molecular weight is 423 g/mol. The molecule has 3 aliphatic carbocycles. The molecule has 30 heavy (non-hydrogen) atoms. The van der Waals surface area contributed by atoms with Crippen molar-refractivity contribution in [2.45, 2.75) is 62.8 Å². The zero-order valence-electron chi connectivity index (χ0n) is 18.0. The summed E-state index contributed by atoms with van der Waals surface area (Å²) in [5, 5.41) is 4.71. The Bertz CT molecular complexity index is 959. The lowest BCUT2D eigenvalue weighted by Crippen LogP contribution is -2.61. The number of likely N-dealkylation sites (tertiary alicyclic amines) is 1. The van der Waals surface area contributed by atoms with Gasteiger partial charge < -0.3 is 10.2 Å². The summed E-state index contributed by atoms with van der Waals surface area (Å²) >= 11 is 1.93. The van der Waals surface area contributed by atoms with Crippen LogP contribution in [-0.4, -0.2) is 55.2 Å². The summed E-state index contributed by atoms with van der Waals surface area (Å²) < 4.78 is 1.42. The van der Waals surface area contributed by atoms with E-state index in [0.717, 1.165) is 44.1 Å². The highest BCUT2D eigenvalue weighted by Gasteiger charge is 2.54. The van der Waals surface area contributed by atoms with Crippen LogP contribution in [-0.2, 0) is 11.8 Å². The quantitative estimate of drug-likeness (QED) is 0.804. The summed E-state index contributed by atoms with van der Waals surface area (Å²) in [6, 6.07) is 5.91. The summed E-state index contributed by atoms with van der Waals surface area (Å²) in [4.78, 5) is 10.6. The molecule has 0 unspecified atom stereocenters. The summed E-state index contributed by atoms with van der Waals surface area (Å²) in [7, 11) is 0. The fraction of sp³-hybridized carbons (Fsp3) is 0.720. The number of hydrogen-bond acceptors (Lipinski definition) is 5. The van der Waals surface area contributed by atoms with E-state index in [1.54, 1.807) is 11.1 Å². The number of nitrogens with zero attached hydrogens (tertiary/aromatic N) is 3. The minimum atomic E-state index is 0.448. The first-order chi connectivity index (χ1) is 14.8. The molecule has 0 amide bonds. The van der Waals surface area contributed by atoms with Crippen LogP contribution in [0.15, 0.2) is 12.1 Å². The highest BCUT2D eigenvalue weighted by atomic mass is 32.1. The van der Waals surface area contributed by atoms with Crippen molar-refractivity contribution in [1.82, 2.24) is 15.2 Å². The molecule has 5 heteroatoms. The Kier molecular flexibility index (Phi) is 4.24. The summed E-state index contributed by atoms with van der Waals surface area (Å²) in [6.45, 7) is 7.04. The maximum Gasteiger partial charge on any atom is 0.186 e. The van der Waals surface area contributed by atoms with E-state index in [1.807, 2.05) is 11.3 Å². The molecule has 0 radical (unpaired) electrons. The third-order valence-corrected chi connectivity index (χ3v) is 10.1. The van der Waals surface area contributed by atoms with E-state index in [0.29, 0.717) is 5.41 Å². The van der Waals surface area contributed by atoms with Gasteiger partial charge in [0.1, 0.15) is 0 Å². The van der Waals surface area contributed by atoms with Crippen molar-refractivity contribution in [2.24, 2.45) is 11.8 Å². The van der Waals surface area contributed by atoms with E-state index in [-0.39, 0.29) is 0 Å². The molecule has 0 spiro atoms. The summed E-state index contributed by atoms with van der Waals surface area (Å²) in [5.41, 5.74) is 5.09. The first-order valence-corrected chi connectivity index (χ1v) is 13.3. The van der Waals surface area contributed by atoms with Crippen LogP contribution in [0.4, 0.5) is 5.13 Å². The minimum absolute atomic E-state index is 0.448. The van der Waals surface area contributed by atoms with E-state index < -0.39 is 0 Å². The van der Waals surface area contributed by atoms with Crippen molar-refractivity contribution < 1.29 is 0 Å². The molecular weight excluding hydrogens is 388 g/mol. The predicted octanol–water partition coefficient (Wildman–Crippen LogP) is 4.17. The molecule has 2 saturated carbocycles. The van der Waals surface area contributed by atoms with Gasteiger partial charge in [0.05, 0.1) is 10.2 Å². The van der Waals surface area contributed by atoms with Gasteiger partial charge in [-0.3, -0.25) is 4.90 Å². The van der Waals surface area contributed by atoms with Gasteiger partial charge >= 0.3 is 0 Å². The molecule has 3 heterocycles. The average Bonchev–Trinajstić information content (AvgIpc) is 3.51. The lowest BCUT2D eigenvalue weighted by Gasteiger charge is -2.59. The van der Waals surface area contributed by atoms with Gasteiger partial charge in [-0.05, 0) is 80.2 Å². The molecule has 160 valence electrons. The van der Waals surface area contributed by atoms with Gasteiger partial charge in [-0.15, -0.1) is 0 Å². The number of nitrogens with one attached hydrogen (secondary N) is 1. The van der Waals surface area contributed by atoms with Crippen molar-refractivity contribution in [1.29, 1.82) is 0 Å². The molecule has 2 aromatic rings. The second-order valence-electron chi connectivity index (χ2n) is 10.7. The van der Waals surface area contributed by atoms with Crippen LogP contribution < -0.4 is 10.2 Å². The van der Waals surface area contributed by atoms with Crippen molar-refractivity contribution in [3.63, 3.8) is 0 Å². The van der Waals surface area contributed by atoms with Crippen molar-refractivity contribution >= 4 is 26.7 Å². The van der Waals surface area contributed by atoms with Gasteiger partial charge in [-0.2, -0.15) is 0 Å². The SMILES string of the molecule is c1c2c(cc3sc(N4CCNCC4)nc13)C[C@@H]1[C@@H]3CCCC[C@]23CCN1CC1CC1. The number of benzene rings is 1. The molecule has 5 aliphatic rings. The van der Waals surface area contributed by atoms with Crippen LogP contribution in [0.2, 0.25) is 0 Å². The van der Waals surface area contributed by atoms with Gasteiger partial charge in [0.2, 0.25) is 0 Å². The molecule has 2 aliphatic heterocycles. The number of piperazine rings is 1. The Labute approximate surface area is 184 Å². The Hall–Kier alpha value is -1.17. The standard InChI is InChI=1S/C25H34N4S/c1-2-6-25-7-10-29(16-17-4-5-17)22(19(25)3-1)13-18-14-23-21(15-20(18)25)27-24(30-23)28-11-8-26-9-12-28/h14-15,17,19,22,26H,1-13,16H2/t19-,22+,25+/m0/s1. The third kappa shape index (κ3) is 2.81. The predicted molar refractivity (Wildman–Crippen MR) is 125 cm³/mol. The number of piperidine rings is 1. The Balaban J connectivity index is 1.30. The van der Waals surface area contributed by atoms with Crippen LogP contribution in [0, 0.1) is 11.8 Å². The lowest BCUT2D eigenvalue weighted by molar-refractivity contribution is -0.0132. The Morgan fingerprint density at radius 2 is 1.97 bits per heavy atom. The molecule has 2 bridgehead atoms. The van der Waals surface area contributed by atoms with Crippen molar-refractivity contribution in [2.75, 3.05) is 44.2 Å². The second-order valence-corrected chi connectivity index (χ2v) is 11.7. The van der Waals surface area contributed by atoms with Crippen molar-refractivity contribution in [3.8, 4) is 0 Å². The van der Waals surface area contributed by atoms with Crippen LogP contribution in [0.25, 0.3) is 10.2 Å². The number of rotatable bonds is 3. The maximum absolute atomic E-state index is 5.15. The van der Waals surface area contributed by atoms with Crippen molar-refractivity contribution in [3.05, 3.63) is 23.3 Å². The van der Waals surface area contributed by atoms with E-state index in [1.165, 1.54) is 79.8 Å². The fourth-order valence-electron chi connectivity index (χ4n) is 7.35. The van der Waals surface area contributed by atoms with Gasteiger partial charge in [-0.1, -0.05) is 24.2 Å². The largest absolute Gasteiger partial charge is 0.346 e. The van der Waals surface area contributed by atoms with Crippen LogP contribution >= 0.6 is 11.3 Å². The Morgan fingerprint density at radius 3 is 2.83 bits per heavy atom. The molecule has 2 saturated heterocycles. The minimum Gasteiger partial charge on any atom is -0.346 e. The normalized spacial score (nSPS) is 34.1. The van der Waals surface area contributed by atoms with Crippen LogP contribution in [0.5, 0.6) is 0 Å². The molecule has 4 nitrogen and oxygen atoms in total. The number of hydrogen-bond donors (Lipinski definition) is 1. The number of thiazole rings is 1. The Morgan fingerprint density at radius 1 is 1.07 bits per heavy atom. The monoisotopic (exact) mass is 422 g/mol. The van der Waals surface area contributed by atoms with Gasteiger partial charge in [0.15, 0.2) is 5.13 Å². The topological polar surface area (TPSA) is 31.4 Å². The number of anilines is 1. The molecule has 7 rings (SSSR count). The molecule has 4 fully saturated rings. The second kappa shape index (κ2) is 6.91. The molecular formula is C25H34N4S. The highest BCUT2D eigenvalue weighted by molar-refractivity contribution is 7.22. The lowest BCUT2D eigenvalue weighted by atomic mass is 9.52. The third-order valence-electron chi connectivity index (χ3n) is 9.02. The smallest absolute Gasteiger partial charge is 0.186 e. The summed E-state index contributed by atoms with van der Waals surface area (Å²) in [6.07, 6.45) is 11.4. The number of aromatic nitrogens is 1. The zero-order chi connectivity index (χ0) is 19.7. The first-order valence-electron chi connectivity index (χ1n) is 12.4. The van der Waals surface area contributed by atoms with E-state index in [4.69, 9.17) is 4.98 Å². The van der Waals surface area contributed by atoms with E-state index >= 15 is 0 Å². The molecule has 1 aromatic carbocycles. The van der Waals surface area contributed by atoms with E-state index in [9.17, 15) is 0 Å². The van der Waals surface area contributed by atoms with Gasteiger partial charge in [-0.25, -0.2) is 4.98 Å². The zero-order valence-corrected chi connectivity index (χ0v) is 18.9. The van der Waals surface area contributed by atoms with E-state index in [2.05, 4.69) is 27.2 Å². The molecule has 1 N–H and O–H groups in total. The van der Waals surface area contributed by atoms with Gasteiger partial charge in [0.25, 0.3) is 0 Å². The van der Waals surface area contributed by atoms with Gasteiger partial charge in [0, 0.05) is 44.2 Å². The highest BCUT2D eigenvalue weighted by Crippen LogP contribution is 2.56.